The molecule has 0 unspecified atom stereocenters. The number of sulfonamides is 1. The van der Waals surface area contributed by atoms with Crippen molar-refractivity contribution in [1.82, 2.24) is 4.72 Å². The van der Waals surface area contributed by atoms with Crippen molar-refractivity contribution in [1.29, 1.82) is 0 Å². The Balaban J connectivity index is 3.14. The van der Waals surface area contributed by atoms with Crippen molar-refractivity contribution in [2.75, 3.05) is 12.0 Å². The highest BCUT2D eigenvalue weighted by Crippen LogP contribution is 2.26. The van der Waals surface area contributed by atoms with Crippen LogP contribution in [0.2, 0.25) is 0 Å². The van der Waals surface area contributed by atoms with Crippen LogP contribution >= 0.6 is 27.7 Å². The second-order valence-corrected chi connectivity index (χ2v) is 7.48. The first-order chi connectivity index (χ1) is 9.69. The van der Waals surface area contributed by atoms with Crippen LogP contribution in [0.1, 0.15) is 6.42 Å². The summed E-state index contributed by atoms with van der Waals surface area (Å²) in [6, 6.07) is -0.189. The van der Waals surface area contributed by atoms with Gasteiger partial charge >= 0.3 is 5.97 Å². The minimum absolute atomic E-state index is 0.0379. The van der Waals surface area contributed by atoms with Crippen LogP contribution < -0.4 is 4.72 Å². The van der Waals surface area contributed by atoms with Gasteiger partial charge in [-0.25, -0.2) is 17.2 Å². The molecule has 0 amide bonds. The van der Waals surface area contributed by atoms with E-state index >= 15 is 0 Å². The largest absolute Gasteiger partial charge is 0.480 e. The zero-order valence-corrected chi connectivity index (χ0v) is 14.0. The van der Waals surface area contributed by atoms with Gasteiger partial charge in [-0.05, 0) is 40.4 Å². The highest BCUT2D eigenvalue weighted by molar-refractivity contribution is 9.10. The van der Waals surface area contributed by atoms with E-state index in [-0.39, 0.29) is 10.9 Å². The highest BCUT2D eigenvalue weighted by Gasteiger charge is 2.29. The first kappa shape index (κ1) is 18.3. The van der Waals surface area contributed by atoms with E-state index in [1.807, 2.05) is 4.72 Å². The fourth-order valence-electron chi connectivity index (χ4n) is 1.50. The summed E-state index contributed by atoms with van der Waals surface area (Å²) < 4.78 is 52.4. The molecule has 118 valence electrons. The third kappa shape index (κ3) is 4.90. The Morgan fingerprint density at radius 3 is 2.57 bits per heavy atom. The molecule has 0 aliphatic heterocycles. The average Bonchev–Trinajstić information content (AvgIpc) is 2.32. The number of rotatable bonds is 7. The molecular formula is C11H12BrF2NO4S2. The number of aliphatic carboxylic acids is 1. The summed E-state index contributed by atoms with van der Waals surface area (Å²) in [5, 5.41) is 8.99. The minimum Gasteiger partial charge on any atom is -0.480 e. The molecule has 10 heteroatoms. The van der Waals surface area contributed by atoms with Crippen LogP contribution in [-0.2, 0) is 14.8 Å². The van der Waals surface area contributed by atoms with Crippen LogP contribution in [0.15, 0.2) is 21.5 Å². The predicted octanol–water partition coefficient (Wildman–Crippen LogP) is 2.21. The predicted molar refractivity (Wildman–Crippen MR) is 78.8 cm³/mol. The van der Waals surface area contributed by atoms with Crippen molar-refractivity contribution < 1.29 is 27.1 Å². The van der Waals surface area contributed by atoms with E-state index < -0.39 is 38.6 Å². The molecule has 1 atom stereocenters. The molecule has 0 bridgehead atoms. The maximum Gasteiger partial charge on any atom is 0.321 e. The van der Waals surface area contributed by atoms with Crippen molar-refractivity contribution in [3.63, 3.8) is 0 Å². The van der Waals surface area contributed by atoms with Gasteiger partial charge in [0.15, 0.2) is 0 Å². The van der Waals surface area contributed by atoms with E-state index in [9.17, 15) is 22.0 Å². The minimum atomic E-state index is -4.44. The quantitative estimate of drug-likeness (QED) is 0.728. The van der Waals surface area contributed by atoms with Gasteiger partial charge in [-0.1, -0.05) is 0 Å². The zero-order valence-electron chi connectivity index (χ0n) is 10.8. The van der Waals surface area contributed by atoms with Crippen molar-refractivity contribution in [2.45, 2.75) is 17.4 Å². The van der Waals surface area contributed by atoms with Gasteiger partial charge in [-0.3, -0.25) is 4.79 Å². The molecule has 21 heavy (non-hydrogen) atoms. The third-order valence-electron chi connectivity index (χ3n) is 2.44. The Bertz CT molecular complexity index is 616. The lowest BCUT2D eigenvalue weighted by Gasteiger charge is -2.15. The maximum absolute atomic E-state index is 13.7. The second-order valence-electron chi connectivity index (χ2n) is 3.99. The molecule has 5 nitrogen and oxygen atoms in total. The normalized spacial score (nSPS) is 13.1. The van der Waals surface area contributed by atoms with Crippen molar-refractivity contribution >= 4 is 43.7 Å². The van der Waals surface area contributed by atoms with Crippen LogP contribution in [0.5, 0.6) is 0 Å². The van der Waals surface area contributed by atoms with Gasteiger partial charge in [0.25, 0.3) is 0 Å². The fourth-order valence-corrected chi connectivity index (χ4v) is 4.36. The number of halogens is 3. The lowest BCUT2D eigenvalue weighted by atomic mass is 10.2. The molecule has 0 aliphatic rings. The number of carboxylic acids is 1. The standard InChI is InChI=1S/C11H12BrF2NO4S2/c1-20-3-2-9(11(16)17)15-21(18,19)10-7(12)4-6(13)5-8(10)14/h4-5,9,15H,2-3H2,1H3,(H,16,17)/t9-/m0/s1. The molecule has 0 saturated heterocycles. The number of benzene rings is 1. The first-order valence-electron chi connectivity index (χ1n) is 5.57. The Hall–Kier alpha value is -0.710. The monoisotopic (exact) mass is 403 g/mol. The van der Waals surface area contributed by atoms with Crippen molar-refractivity contribution in [3.05, 3.63) is 28.2 Å². The van der Waals surface area contributed by atoms with E-state index in [0.29, 0.717) is 11.8 Å². The van der Waals surface area contributed by atoms with Gasteiger partial charge in [-0.15, -0.1) is 0 Å². The van der Waals surface area contributed by atoms with E-state index in [1.165, 1.54) is 11.8 Å². The van der Waals surface area contributed by atoms with Gasteiger partial charge in [0.05, 0.1) is 0 Å². The number of hydrogen-bond acceptors (Lipinski definition) is 4. The topological polar surface area (TPSA) is 83.5 Å². The maximum atomic E-state index is 13.7. The van der Waals surface area contributed by atoms with Crippen LogP contribution in [0.4, 0.5) is 8.78 Å². The van der Waals surface area contributed by atoms with Gasteiger partial charge in [-0.2, -0.15) is 16.5 Å². The van der Waals surface area contributed by atoms with E-state index in [1.54, 1.807) is 6.26 Å². The Morgan fingerprint density at radius 2 is 2.10 bits per heavy atom. The third-order valence-corrected chi connectivity index (χ3v) is 5.52. The van der Waals surface area contributed by atoms with Gasteiger partial charge in [0.1, 0.15) is 22.6 Å². The summed E-state index contributed by atoms with van der Waals surface area (Å²) in [5.41, 5.74) is 0. The molecule has 0 aromatic heterocycles. The lowest BCUT2D eigenvalue weighted by Crippen LogP contribution is -2.41. The van der Waals surface area contributed by atoms with Gasteiger partial charge in [0.2, 0.25) is 10.0 Å². The summed E-state index contributed by atoms with van der Waals surface area (Å²) in [6.07, 6.45) is 1.78. The van der Waals surface area contributed by atoms with Crippen LogP contribution in [0.25, 0.3) is 0 Å². The second kappa shape index (κ2) is 7.52. The molecule has 0 radical (unpaired) electrons. The van der Waals surface area contributed by atoms with E-state index in [0.717, 1.165) is 6.07 Å². The van der Waals surface area contributed by atoms with Crippen molar-refractivity contribution in [3.8, 4) is 0 Å². The molecule has 1 aromatic rings. The fraction of sp³-hybridized carbons (Fsp3) is 0.364. The molecule has 0 fully saturated rings. The van der Waals surface area contributed by atoms with Gasteiger partial charge < -0.3 is 5.11 Å². The molecule has 1 rings (SSSR count). The van der Waals surface area contributed by atoms with Crippen molar-refractivity contribution in [2.24, 2.45) is 0 Å². The van der Waals surface area contributed by atoms with Crippen LogP contribution in [0.3, 0.4) is 0 Å². The summed E-state index contributed by atoms with van der Waals surface area (Å²) in [5.74, 6) is -3.21. The summed E-state index contributed by atoms with van der Waals surface area (Å²) in [6.45, 7) is 0. The number of hydrogen-bond donors (Lipinski definition) is 2. The summed E-state index contributed by atoms with van der Waals surface area (Å²) in [4.78, 5) is 10.2. The summed E-state index contributed by atoms with van der Waals surface area (Å²) in [7, 11) is -4.44. The lowest BCUT2D eigenvalue weighted by molar-refractivity contribution is -0.139. The number of carbonyl (C=O) groups is 1. The summed E-state index contributed by atoms with van der Waals surface area (Å²) >= 11 is 4.11. The molecule has 0 spiro atoms. The Morgan fingerprint density at radius 1 is 1.48 bits per heavy atom. The molecule has 0 saturated carbocycles. The Kier molecular flexibility index (Phi) is 6.57. The van der Waals surface area contributed by atoms with E-state index in [4.69, 9.17) is 5.11 Å². The molecular weight excluding hydrogens is 392 g/mol. The first-order valence-corrected chi connectivity index (χ1v) is 9.24. The van der Waals surface area contributed by atoms with Gasteiger partial charge in [0, 0.05) is 10.5 Å². The zero-order chi connectivity index (χ0) is 16.2. The SMILES string of the molecule is CSCC[C@H](NS(=O)(=O)c1c(F)cc(F)cc1Br)C(=O)O. The smallest absolute Gasteiger partial charge is 0.321 e. The number of carboxylic acid groups (broad SMARTS) is 1. The van der Waals surface area contributed by atoms with E-state index in [2.05, 4.69) is 15.9 Å². The average molecular weight is 404 g/mol. The number of nitrogens with one attached hydrogen (secondary N) is 1. The molecule has 1 aromatic carbocycles. The highest BCUT2D eigenvalue weighted by atomic mass is 79.9. The van der Waals surface area contributed by atoms with Crippen LogP contribution in [0, 0.1) is 11.6 Å². The molecule has 0 heterocycles. The molecule has 2 N–H and O–H groups in total. The number of thioether (sulfide) groups is 1. The Labute approximate surface area is 133 Å². The molecule has 0 aliphatic carbocycles. The van der Waals surface area contributed by atoms with Crippen LogP contribution in [-0.4, -0.2) is 37.5 Å².